The Labute approximate surface area is 152 Å². The predicted molar refractivity (Wildman–Crippen MR) is 95.2 cm³/mol. The molecule has 0 aliphatic carbocycles. The second kappa shape index (κ2) is 8.03. The van der Waals surface area contributed by atoms with E-state index in [9.17, 15) is 14.3 Å². The number of nitrogens with one attached hydrogen (secondary N) is 1. The van der Waals surface area contributed by atoms with Crippen molar-refractivity contribution in [1.29, 1.82) is 0 Å². The number of carbonyl (C=O) groups excluding carboxylic acids is 1. The van der Waals surface area contributed by atoms with Crippen molar-refractivity contribution < 1.29 is 19.0 Å². The number of benzene rings is 1. The molecule has 1 aromatic carbocycles. The van der Waals surface area contributed by atoms with Crippen molar-refractivity contribution in [3.8, 4) is 0 Å². The third kappa shape index (κ3) is 4.83. The number of anilines is 1. The van der Waals surface area contributed by atoms with Crippen LogP contribution in [0.4, 0.5) is 10.1 Å². The SMILES string of the molecule is O=C(CC1=NC(O)CC(N2CCOCC2)=N1)Nc1ccc(F)c(Br)c1. The van der Waals surface area contributed by atoms with Crippen molar-refractivity contribution in [3.05, 3.63) is 28.5 Å². The first-order valence-electron chi connectivity index (χ1n) is 7.91. The van der Waals surface area contributed by atoms with E-state index < -0.39 is 12.0 Å². The van der Waals surface area contributed by atoms with E-state index in [1.165, 1.54) is 18.2 Å². The number of halogens is 2. The fourth-order valence-electron chi connectivity index (χ4n) is 2.63. The van der Waals surface area contributed by atoms with E-state index in [1.807, 2.05) is 4.90 Å². The number of amides is 1. The number of morpholine rings is 1. The molecular weight excluding hydrogens is 395 g/mol. The zero-order chi connectivity index (χ0) is 17.8. The van der Waals surface area contributed by atoms with Gasteiger partial charge in [0, 0.05) is 18.8 Å². The maximum atomic E-state index is 13.2. The van der Waals surface area contributed by atoms with Gasteiger partial charge in [-0.1, -0.05) is 0 Å². The lowest BCUT2D eigenvalue weighted by Gasteiger charge is -2.31. The Kier molecular flexibility index (Phi) is 5.77. The molecule has 2 N–H and O–H groups in total. The lowest BCUT2D eigenvalue weighted by atomic mass is 10.2. The van der Waals surface area contributed by atoms with Crippen molar-refractivity contribution in [2.24, 2.45) is 9.98 Å². The van der Waals surface area contributed by atoms with Gasteiger partial charge in [0.2, 0.25) is 5.91 Å². The summed E-state index contributed by atoms with van der Waals surface area (Å²) >= 11 is 3.07. The standard InChI is InChI=1S/C16H18BrFN4O3/c17-11-7-10(1-2-12(11)18)19-15(23)8-13-20-14(9-16(24)21-13)22-3-5-25-6-4-22/h1-2,7,16,24H,3-6,8-9H2,(H,19,23). The van der Waals surface area contributed by atoms with E-state index in [-0.39, 0.29) is 22.6 Å². The number of aliphatic hydroxyl groups excluding tert-OH is 1. The van der Waals surface area contributed by atoms with Gasteiger partial charge in [0.15, 0.2) is 6.23 Å². The molecule has 1 atom stereocenters. The Morgan fingerprint density at radius 3 is 2.92 bits per heavy atom. The number of aliphatic imine (C=N–C) groups is 2. The largest absolute Gasteiger partial charge is 0.378 e. The number of hydrogen-bond donors (Lipinski definition) is 2. The van der Waals surface area contributed by atoms with Crippen LogP contribution in [0.1, 0.15) is 12.8 Å². The van der Waals surface area contributed by atoms with E-state index in [2.05, 4.69) is 31.2 Å². The van der Waals surface area contributed by atoms with Gasteiger partial charge in [0.25, 0.3) is 0 Å². The highest BCUT2D eigenvalue weighted by Gasteiger charge is 2.23. The Hall–Kier alpha value is -1.84. The molecule has 0 radical (unpaired) electrons. The van der Waals surface area contributed by atoms with E-state index >= 15 is 0 Å². The van der Waals surface area contributed by atoms with Crippen LogP contribution in [0.15, 0.2) is 32.7 Å². The van der Waals surface area contributed by atoms with E-state index in [1.54, 1.807) is 0 Å². The maximum Gasteiger partial charge on any atom is 0.232 e. The molecule has 134 valence electrons. The van der Waals surface area contributed by atoms with Crippen LogP contribution in [0.25, 0.3) is 0 Å². The lowest BCUT2D eigenvalue weighted by molar-refractivity contribution is -0.115. The minimum absolute atomic E-state index is 0.0695. The molecule has 0 spiro atoms. The summed E-state index contributed by atoms with van der Waals surface area (Å²) in [4.78, 5) is 22.7. The highest BCUT2D eigenvalue weighted by Crippen LogP contribution is 2.20. The molecule has 1 saturated heterocycles. The molecule has 1 unspecified atom stereocenters. The maximum absolute atomic E-state index is 13.2. The molecule has 3 rings (SSSR count). The van der Waals surface area contributed by atoms with Crippen LogP contribution in [-0.2, 0) is 9.53 Å². The van der Waals surface area contributed by atoms with Crippen molar-refractivity contribution in [3.63, 3.8) is 0 Å². The van der Waals surface area contributed by atoms with Crippen LogP contribution in [0.2, 0.25) is 0 Å². The van der Waals surface area contributed by atoms with E-state index in [4.69, 9.17) is 4.74 Å². The normalized spacial score (nSPS) is 20.8. The Balaban J connectivity index is 1.64. The third-order valence-corrected chi connectivity index (χ3v) is 4.43. The summed E-state index contributed by atoms with van der Waals surface area (Å²) in [6.45, 7) is 2.63. The van der Waals surface area contributed by atoms with Gasteiger partial charge in [0.05, 0.1) is 30.5 Å². The summed E-state index contributed by atoms with van der Waals surface area (Å²) in [5.41, 5.74) is 0.465. The molecular formula is C16H18BrFN4O3. The summed E-state index contributed by atoms with van der Waals surface area (Å²) < 4.78 is 18.8. The number of hydrogen-bond acceptors (Lipinski definition) is 6. The van der Waals surface area contributed by atoms with Crippen molar-refractivity contribution in [2.45, 2.75) is 19.1 Å². The molecule has 0 saturated carbocycles. The summed E-state index contributed by atoms with van der Waals surface area (Å²) in [5, 5.41) is 12.6. The molecule has 2 heterocycles. The van der Waals surface area contributed by atoms with E-state index in [0.29, 0.717) is 38.4 Å². The molecule has 25 heavy (non-hydrogen) atoms. The average molecular weight is 413 g/mol. The summed E-state index contributed by atoms with van der Waals surface area (Å²) in [7, 11) is 0. The third-order valence-electron chi connectivity index (χ3n) is 3.82. The average Bonchev–Trinajstić information content (AvgIpc) is 2.58. The fourth-order valence-corrected chi connectivity index (χ4v) is 3.01. The molecule has 7 nitrogen and oxygen atoms in total. The number of ether oxygens (including phenoxy) is 1. The van der Waals surface area contributed by atoms with Gasteiger partial charge in [-0.3, -0.25) is 4.79 Å². The zero-order valence-corrected chi connectivity index (χ0v) is 15.0. The van der Waals surface area contributed by atoms with Crippen LogP contribution in [-0.4, -0.2) is 60.1 Å². The molecule has 1 fully saturated rings. The van der Waals surface area contributed by atoms with Crippen LogP contribution >= 0.6 is 15.9 Å². The monoisotopic (exact) mass is 412 g/mol. The van der Waals surface area contributed by atoms with E-state index in [0.717, 1.165) is 5.84 Å². The van der Waals surface area contributed by atoms with Gasteiger partial charge in [-0.2, -0.15) is 0 Å². The van der Waals surface area contributed by atoms with Crippen molar-refractivity contribution in [1.82, 2.24) is 4.90 Å². The number of rotatable bonds is 3. The van der Waals surface area contributed by atoms with Gasteiger partial charge in [-0.05, 0) is 34.1 Å². The second-order valence-corrected chi connectivity index (χ2v) is 6.57. The summed E-state index contributed by atoms with van der Waals surface area (Å²) in [6, 6.07) is 4.21. The highest BCUT2D eigenvalue weighted by atomic mass is 79.9. The molecule has 0 aromatic heterocycles. The minimum Gasteiger partial charge on any atom is -0.378 e. The molecule has 0 bridgehead atoms. The van der Waals surface area contributed by atoms with Crippen LogP contribution in [0.3, 0.4) is 0 Å². The highest BCUT2D eigenvalue weighted by molar-refractivity contribution is 9.10. The van der Waals surface area contributed by atoms with Gasteiger partial charge < -0.3 is 20.1 Å². The second-order valence-electron chi connectivity index (χ2n) is 5.71. The van der Waals surface area contributed by atoms with Crippen LogP contribution < -0.4 is 5.32 Å². The zero-order valence-electron chi connectivity index (χ0n) is 13.4. The molecule has 1 aromatic rings. The van der Waals surface area contributed by atoms with Gasteiger partial charge >= 0.3 is 0 Å². The molecule has 2 aliphatic heterocycles. The molecule has 9 heteroatoms. The van der Waals surface area contributed by atoms with Gasteiger partial charge in [-0.25, -0.2) is 14.4 Å². The predicted octanol–water partition coefficient (Wildman–Crippen LogP) is 1.77. The number of aliphatic hydroxyl groups is 1. The topological polar surface area (TPSA) is 86.5 Å². The Morgan fingerprint density at radius 1 is 1.44 bits per heavy atom. The Morgan fingerprint density at radius 2 is 2.20 bits per heavy atom. The first-order chi connectivity index (χ1) is 12.0. The van der Waals surface area contributed by atoms with Crippen molar-refractivity contribution >= 4 is 39.2 Å². The first-order valence-corrected chi connectivity index (χ1v) is 8.70. The van der Waals surface area contributed by atoms with Gasteiger partial charge in [-0.15, -0.1) is 0 Å². The van der Waals surface area contributed by atoms with Crippen molar-refractivity contribution in [2.75, 3.05) is 31.6 Å². The number of nitrogens with zero attached hydrogens (tertiary/aromatic N) is 3. The van der Waals surface area contributed by atoms with Gasteiger partial charge in [0.1, 0.15) is 17.5 Å². The fraction of sp³-hybridized carbons (Fsp3) is 0.438. The lowest BCUT2D eigenvalue weighted by Crippen LogP contribution is -2.43. The summed E-state index contributed by atoms with van der Waals surface area (Å²) in [5.74, 6) is 0.256. The minimum atomic E-state index is -0.905. The van der Waals surface area contributed by atoms with Crippen LogP contribution in [0, 0.1) is 5.82 Å². The summed E-state index contributed by atoms with van der Waals surface area (Å²) in [6.07, 6.45) is -0.645. The smallest absolute Gasteiger partial charge is 0.232 e. The molecule has 2 aliphatic rings. The van der Waals surface area contributed by atoms with Crippen LogP contribution in [0.5, 0.6) is 0 Å². The number of amidine groups is 2. The number of carbonyl (C=O) groups is 1. The Bertz CT molecular complexity index is 719. The quantitative estimate of drug-likeness (QED) is 0.791. The first kappa shape index (κ1) is 18.0. The molecule has 1 amide bonds.